The highest BCUT2D eigenvalue weighted by Crippen LogP contribution is 2.29. The van der Waals surface area contributed by atoms with E-state index in [1.54, 1.807) is 17.0 Å². The first-order valence-corrected chi connectivity index (χ1v) is 12.8. The molecule has 2 saturated heterocycles. The van der Waals surface area contributed by atoms with Crippen molar-refractivity contribution in [1.82, 2.24) is 19.4 Å². The summed E-state index contributed by atoms with van der Waals surface area (Å²) < 4.78 is 26.5. The Kier molecular flexibility index (Phi) is 8.13. The van der Waals surface area contributed by atoms with Crippen molar-refractivity contribution in [2.45, 2.75) is 31.1 Å². The molecule has 0 radical (unpaired) electrons. The summed E-state index contributed by atoms with van der Waals surface area (Å²) in [6.45, 7) is 6.97. The molecule has 2 fully saturated rings. The molecule has 10 heteroatoms. The molecule has 9 nitrogen and oxygen atoms in total. The van der Waals surface area contributed by atoms with Gasteiger partial charge in [-0.15, -0.1) is 0 Å². The van der Waals surface area contributed by atoms with Gasteiger partial charge in [-0.1, -0.05) is 6.92 Å². The van der Waals surface area contributed by atoms with Gasteiger partial charge in [0.2, 0.25) is 15.9 Å². The lowest BCUT2D eigenvalue weighted by Gasteiger charge is -2.35. The molecule has 0 atom stereocenters. The van der Waals surface area contributed by atoms with E-state index in [4.69, 9.17) is 0 Å². The number of sulfonamides is 1. The van der Waals surface area contributed by atoms with Crippen LogP contribution in [0, 0.1) is 0 Å². The quantitative estimate of drug-likeness (QED) is 0.611. The van der Waals surface area contributed by atoms with Gasteiger partial charge in [-0.05, 0) is 37.5 Å². The van der Waals surface area contributed by atoms with E-state index >= 15 is 0 Å². The minimum absolute atomic E-state index is 0.00420. The molecule has 0 aliphatic carbocycles. The van der Waals surface area contributed by atoms with Gasteiger partial charge in [0, 0.05) is 65.6 Å². The summed E-state index contributed by atoms with van der Waals surface area (Å²) >= 11 is 0. The fourth-order valence-electron chi connectivity index (χ4n) is 4.09. The molecule has 1 aromatic rings. The molecule has 0 unspecified atom stereocenters. The van der Waals surface area contributed by atoms with Gasteiger partial charge >= 0.3 is 0 Å². The van der Waals surface area contributed by atoms with E-state index in [0.29, 0.717) is 44.8 Å². The molecule has 2 amide bonds. The molecule has 1 N–H and O–H groups in total. The highest BCUT2D eigenvalue weighted by Gasteiger charge is 2.29. The second kappa shape index (κ2) is 10.6. The minimum Gasteiger partial charge on any atom is -0.371 e. The molecule has 0 bridgehead atoms. The van der Waals surface area contributed by atoms with Gasteiger partial charge < -0.3 is 15.1 Å². The Morgan fingerprint density at radius 1 is 1.03 bits per heavy atom. The summed E-state index contributed by atoms with van der Waals surface area (Å²) in [5, 5.41) is 2.88. The van der Waals surface area contributed by atoms with Gasteiger partial charge in [0.05, 0.1) is 17.0 Å². The number of amides is 2. The Morgan fingerprint density at radius 2 is 1.69 bits per heavy atom. The average molecular weight is 466 g/mol. The second-order valence-electron chi connectivity index (χ2n) is 8.58. The first-order valence-electron chi connectivity index (χ1n) is 11.3. The smallest absolute Gasteiger partial charge is 0.256 e. The van der Waals surface area contributed by atoms with Crippen LogP contribution in [0.4, 0.5) is 5.69 Å². The lowest BCUT2D eigenvalue weighted by molar-refractivity contribution is -0.122. The molecule has 178 valence electrons. The van der Waals surface area contributed by atoms with Crippen LogP contribution in [0.25, 0.3) is 0 Å². The zero-order valence-electron chi connectivity index (χ0n) is 19.3. The lowest BCUT2D eigenvalue weighted by Crippen LogP contribution is -2.51. The number of piperazine rings is 1. The van der Waals surface area contributed by atoms with E-state index in [1.807, 2.05) is 11.8 Å². The highest BCUT2D eigenvalue weighted by molar-refractivity contribution is 7.89. The molecule has 0 spiro atoms. The van der Waals surface area contributed by atoms with Crippen LogP contribution in [-0.4, -0.2) is 101 Å². The van der Waals surface area contributed by atoms with E-state index < -0.39 is 10.0 Å². The van der Waals surface area contributed by atoms with Crippen LogP contribution in [-0.2, 0) is 14.8 Å². The monoisotopic (exact) mass is 465 g/mol. The Hall–Kier alpha value is -2.17. The molecule has 32 heavy (non-hydrogen) atoms. The zero-order valence-corrected chi connectivity index (χ0v) is 20.2. The van der Waals surface area contributed by atoms with Crippen molar-refractivity contribution in [2.75, 3.05) is 71.4 Å². The van der Waals surface area contributed by atoms with Gasteiger partial charge in [0.1, 0.15) is 0 Å². The van der Waals surface area contributed by atoms with Gasteiger partial charge in [-0.2, -0.15) is 0 Å². The molecular weight excluding hydrogens is 430 g/mol. The fraction of sp³-hybridized carbons (Fsp3) is 0.636. The largest absolute Gasteiger partial charge is 0.371 e. The van der Waals surface area contributed by atoms with Crippen molar-refractivity contribution in [3.63, 3.8) is 0 Å². The predicted molar refractivity (Wildman–Crippen MR) is 124 cm³/mol. The number of hydrogen-bond donors (Lipinski definition) is 1. The average Bonchev–Trinajstić information content (AvgIpc) is 3.32. The minimum atomic E-state index is -3.64. The lowest BCUT2D eigenvalue weighted by atomic mass is 10.1. The summed E-state index contributed by atoms with van der Waals surface area (Å²) in [5.74, 6) is -0.151. The van der Waals surface area contributed by atoms with Crippen LogP contribution in [0.3, 0.4) is 0 Å². The second-order valence-corrected chi connectivity index (χ2v) is 10.7. The normalized spacial score (nSPS) is 17.8. The van der Waals surface area contributed by atoms with E-state index in [0.717, 1.165) is 42.3 Å². The summed E-state index contributed by atoms with van der Waals surface area (Å²) in [6.07, 6.45) is 3.02. The molecule has 2 heterocycles. The maximum atomic E-state index is 13.5. The third kappa shape index (κ3) is 5.60. The van der Waals surface area contributed by atoms with Crippen molar-refractivity contribution < 1.29 is 18.0 Å². The maximum Gasteiger partial charge on any atom is 0.256 e. The zero-order chi connectivity index (χ0) is 23.3. The van der Waals surface area contributed by atoms with Crippen molar-refractivity contribution in [3.8, 4) is 0 Å². The summed E-state index contributed by atoms with van der Waals surface area (Å²) in [5.41, 5.74) is 1.23. The van der Waals surface area contributed by atoms with Crippen LogP contribution in [0.5, 0.6) is 0 Å². The predicted octanol–water partition coefficient (Wildman–Crippen LogP) is 0.821. The van der Waals surface area contributed by atoms with Gasteiger partial charge in [-0.25, -0.2) is 12.7 Å². The summed E-state index contributed by atoms with van der Waals surface area (Å²) in [6, 6.07) is 4.88. The van der Waals surface area contributed by atoms with Crippen LogP contribution >= 0.6 is 0 Å². The SMILES string of the molecule is CCCNC(=O)CN1CCN(C(=O)c2cc(S(=O)(=O)N(C)C)ccc2N2CCCC2)CC1. The molecule has 3 rings (SSSR count). The van der Waals surface area contributed by atoms with Crippen LogP contribution < -0.4 is 10.2 Å². The number of carbonyl (C=O) groups is 2. The Balaban J connectivity index is 1.77. The molecule has 1 aromatic carbocycles. The first kappa shape index (κ1) is 24.5. The van der Waals surface area contributed by atoms with E-state index in [-0.39, 0.29) is 16.7 Å². The molecule has 2 aliphatic rings. The number of benzene rings is 1. The van der Waals surface area contributed by atoms with Crippen molar-refractivity contribution in [2.24, 2.45) is 0 Å². The summed E-state index contributed by atoms with van der Waals surface area (Å²) in [7, 11) is -0.668. The molecule has 0 saturated carbocycles. The molecule has 2 aliphatic heterocycles. The number of rotatable bonds is 8. The van der Waals surface area contributed by atoms with Crippen LogP contribution in [0.1, 0.15) is 36.5 Å². The molecule has 0 aromatic heterocycles. The third-order valence-corrected chi connectivity index (χ3v) is 7.83. The first-order chi connectivity index (χ1) is 15.2. The standard InChI is InChI=1S/C22H35N5O4S/c1-4-9-23-21(28)17-25-12-14-27(15-13-25)22(29)19-16-18(32(30,31)24(2)3)7-8-20(19)26-10-5-6-11-26/h7-8,16H,4-6,9-15,17H2,1-3H3,(H,23,28). The molecular formula is C22H35N5O4S. The van der Waals surface area contributed by atoms with E-state index in [1.165, 1.54) is 20.2 Å². The van der Waals surface area contributed by atoms with Crippen LogP contribution in [0.15, 0.2) is 23.1 Å². The number of nitrogens with one attached hydrogen (secondary N) is 1. The number of hydrogen-bond acceptors (Lipinski definition) is 6. The highest BCUT2D eigenvalue weighted by atomic mass is 32.2. The third-order valence-electron chi connectivity index (χ3n) is 6.02. The Morgan fingerprint density at radius 3 is 2.28 bits per heavy atom. The number of nitrogens with zero attached hydrogens (tertiary/aromatic N) is 4. The van der Waals surface area contributed by atoms with Gasteiger partial charge in [-0.3, -0.25) is 14.5 Å². The van der Waals surface area contributed by atoms with Gasteiger partial charge in [0.15, 0.2) is 0 Å². The van der Waals surface area contributed by atoms with Crippen molar-refractivity contribution in [3.05, 3.63) is 23.8 Å². The van der Waals surface area contributed by atoms with E-state index in [2.05, 4.69) is 10.2 Å². The summed E-state index contributed by atoms with van der Waals surface area (Å²) in [4.78, 5) is 31.6. The Labute approximate surface area is 191 Å². The maximum absolute atomic E-state index is 13.5. The topological polar surface area (TPSA) is 93.3 Å². The Bertz CT molecular complexity index is 920. The van der Waals surface area contributed by atoms with Crippen molar-refractivity contribution >= 4 is 27.5 Å². The number of carbonyl (C=O) groups excluding carboxylic acids is 2. The van der Waals surface area contributed by atoms with E-state index in [9.17, 15) is 18.0 Å². The number of anilines is 1. The van der Waals surface area contributed by atoms with Crippen LogP contribution in [0.2, 0.25) is 0 Å². The van der Waals surface area contributed by atoms with Crippen molar-refractivity contribution in [1.29, 1.82) is 0 Å². The fourth-order valence-corrected chi connectivity index (χ4v) is 5.02. The van der Waals surface area contributed by atoms with Gasteiger partial charge in [0.25, 0.3) is 5.91 Å².